The molecule has 0 radical (unpaired) electrons. The number of carbonyl (C=O) groups is 1. The summed E-state index contributed by atoms with van der Waals surface area (Å²) in [7, 11) is 0. The normalized spacial score (nSPS) is 16.9. The minimum Gasteiger partial charge on any atom is -0.494 e. The number of hydrogen-bond donors (Lipinski definition) is 0. The van der Waals surface area contributed by atoms with E-state index in [1.165, 1.54) is 0 Å². The van der Waals surface area contributed by atoms with Gasteiger partial charge in [-0.1, -0.05) is 6.07 Å². The van der Waals surface area contributed by atoms with Crippen LogP contribution in [0.4, 0.5) is 0 Å². The summed E-state index contributed by atoms with van der Waals surface area (Å²) < 4.78 is 11.3. The highest BCUT2D eigenvalue weighted by molar-refractivity contribution is 5.94. The maximum absolute atomic E-state index is 12.6. The maximum Gasteiger partial charge on any atom is 0.253 e. The molecule has 126 valence electrons. The average Bonchev–Trinajstić information content (AvgIpc) is 3.06. The summed E-state index contributed by atoms with van der Waals surface area (Å²) in [6.07, 6.45) is 2.60. The zero-order valence-corrected chi connectivity index (χ0v) is 14.1. The molecule has 0 N–H and O–H groups in total. The third kappa shape index (κ3) is 3.85. The predicted molar refractivity (Wildman–Crippen MR) is 91.5 cm³/mol. The molecule has 2 aromatic rings. The highest BCUT2D eigenvalue weighted by atomic mass is 16.5. The van der Waals surface area contributed by atoms with Crippen LogP contribution in [-0.2, 0) is 0 Å². The van der Waals surface area contributed by atoms with Crippen LogP contribution in [-0.4, -0.2) is 41.6 Å². The van der Waals surface area contributed by atoms with E-state index in [4.69, 9.17) is 9.47 Å². The van der Waals surface area contributed by atoms with Crippen LogP contribution in [0.3, 0.4) is 0 Å². The van der Waals surface area contributed by atoms with Crippen molar-refractivity contribution in [2.24, 2.45) is 0 Å². The largest absolute Gasteiger partial charge is 0.494 e. The van der Waals surface area contributed by atoms with Gasteiger partial charge in [0.05, 0.1) is 13.2 Å². The van der Waals surface area contributed by atoms with Crippen LogP contribution >= 0.6 is 0 Å². The molecule has 5 nitrogen and oxygen atoms in total. The molecular formula is C19H22N2O3. The number of amides is 1. The molecule has 3 rings (SSSR count). The quantitative estimate of drug-likeness (QED) is 0.847. The monoisotopic (exact) mass is 326 g/mol. The molecule has 1 amide bonds. The van der Waals surface area contributed by atoms with Gasteiger partial charge in [-0.2, -0.15) is 0 Å². The van der Waals surface area contributed by atoms with Crippen molar-refractivity contribution in [2.45, 2.75) is 26.4 Å². The number of rotatable bonds is 5. The lowest BCUT2D eigenvalue weighted by Gasteiger charge is -2.17. The van der Waals surface area contributed by atoms with Crippen molar-refractivity contribution in [1.82, 2.24) is 9.88 Å². The number of benzene rings is 1. The first-order valence-corrected chi connectivity index (χ1v) is 8.27. The zero-order chi connectivity index (χ0) is 16.9. The lowest BCUT2D eigenvalue weighted by Crippen LogP contribution is -2.31. The van der Waals surface area contributed by atoms with E-state index < -0.39 is 0 Å². The Hall–Kier alpha value is -2.56. The Bertz CT molecular complexity index is 683. The van der Waals surface area contributed by atoms with E-state index in [0.717, 1.165) is 17.7 Å². The molecule has 1 unspecified atom stereocenters. The molecule has 1 aliphatic rings. The molecule has 0 bridgehead atoms. The van der Waals surface area contributed by atoms with Crippen LogP contribution in [0.5, 0.6) is 11.6 Å². The molecule has 0 aliphatic carbocycles. The van der Waals surface area contributed by atoms with E-state index in [0.29, 0.717) is 31.1 Å². The number of hydrogen-bond acceptors (Lipinski definition) is 4. The molecule has 5 heteroatoms. The number of pyridine rings is 1. The summed E-state index contributed by atoms with van der Waals surface area (Å²) in [5.74, 6) is 1.42. The van der Waals surface area contributed by atoms with Crippen molar-refractivity contribution in [3.05, 3.63) is 53.7 Å². The standard InChI is InChI=1S/C19H22N2O3/c1-3-23-16-7-5-15(6-8-16)19(22)21-11-10-17(13-21)24-18-9-4-14(2)12-20-18/h4-9,12,17H,3,10-11,13H2,1-2H3. The van der Waals surface area contributed by atoms with E-state index >= 15 is 0 Å². The van der Waals surface area contributed by atoms with Gasteiger partial charge >= 0.3 is 0 Å². The topological polar surface area (TPSA) is 51.7 Å². The molecule has 1 saturated heterocycles. The van der Waals surface area contributed by atoms with Crippen LogP contribution in [0, 0.1) is 6.92 Å². The fourth-order valence-electron chi connectivity index (χ4n) is 2.75. The summed E-state index contributed by atoms with van der Waals surface area (Å²) in [6, 6.07) is 11.1. The predicted octanol–water partition coefficient (Wildman–Crippen LogP) is 3.08. The van der Waals surface area contributed by atoms with Gasteiger partial charge in [-0.3, -0.25) is 4.79 Å². The number of aromatic nitrogens is 1. The first-order chi connectivity index (χ1) is 11.7. The number of ether oxygens (including phenoxy) is 2. The zero-order valence-electron chi connectivity index (χ0n) is 14.1. The highest BCUT2D eigenvalue weighted by Gasteiger charge is 2.28. The molecule has 2 heterocycles. The summed E-state index contributed by atoms with van der Waals surface area (Å²) in [6.45, 7) is 5.82. The molecule has 24 heavy (non-hydrogen) atoms. The molecule has 0 saturated carbocycles. The summed E-state index contributed by atoms with van der Waals surface area (Å²) in [4.78, 5) is 18.7. The molecule has 1 fully saturated rings. The summed E-state index contributed by atoms with van der Waals surface area (Å²) in [5.41, 5.74) is 1.77. The minimum absolute atomic E-state index is 0.00754. The number of aryl methyl sites for hydroxylation is 1. The molecular weight excluding hydrogens is 304 g/mol. The molecule has 1 aliphatic heterocycles. The van der Waals surface area contributed by atoms with Crippen molar-refractivity contribution < 1.29 is 14.3 Å². The number of carbonyl (C=O) groups excluding carboxylic acids is 1. The van der Waals surface area contributed by atoms with Gasteiger partial charge in [-0.25, -0.2) is 4.98 Å². The van der Waals surface area contributed by atoms with Crippen molar-refractivity contribution in [2.75, 3.05) is 19.7 Å². The van der Waals surface area contributed by atoms with Gasteiger partial charge in [-0.15, -0.1) is 0 Å². The second kappa shape index (κ2) is 7.34. The summed E-state index contributed by atoms with van der Waals surface area (Å²) in [5, 5.41) is 0. The molecule has 1 aromatic carbocycles. The van der Waals surface area contributed by atoms with Crippen molar-refractivity contribution in [1.29, 1.82) is 0 Å². The van der Waals surface area contributed by atoms with Crippen LogP contribution in [0.25, 0.3) is 0 Å². The average molecular weight is 326 g/mol. The van der Waals surface area contributed by atoms with Crippen molar-refractivity contribution >= 4 is 5.91 Å². The van der Waals surface area contributed by atoms with Gasteiger partial charge in [0.25, 0.3) is 5.91 Å². The van der Waals surface area contributed by atoms with Gasteiger partial charge in [0, 0.05) is 30.8 Å². The second-order valence-corrected chi connectivity index (χ2v) is 5.91. The molecule has 0 spiro atoms. The highest BCUT2D eigenvalue weighted by Crippen LogP contribution is 2.20. The lowest BCUT2D eigenvalue weighted by molar-refractivity contribution is 0.0771. The van der Waals surface area contributed by atoms with Gasteiger partial charge in [-0.05, 0) is 43.7 Å². The minimum atomic E-state index is -0.00754. The first-order valence-electron chi connectivity index (χ1n) is 8.27. The van der Waals surface area contributed by atoms with Gasteiger partial charge < -0.3 is 14.4 Å². The smallest absolute Gasteiger partial charge is 0.253 e. The number of nitrogens with zero attached hydrogens (tertiary/aromatic N) is 2. The van der Waals surface area contributed by atoms with E-state index in [-0.39, 0.29) is 12.0 Å². The molecule has 1 atom stereocenters. The van der Waals surface area contributed by atoms with Gasteiger partial charge in [0.1, 0.15) is 11.9 Å². The SMILES string of the molecule is CCOc1ccc(C(=O)N2CCC(Oc3ccc(C)cn3)C2)cc1. The third-order valence-corrected chi connectivity index (χ3v) is 4.02. The van der Waals surface area contributed by atoms with Crippen LogP contribution < -0.4 is 9.47 Å². The van der Waals surface area contributed by atoms with E-state index in [2.05, 4.69) is 4.98 Å². The molecule has 1 aromatic heterocycles. The van der Waals surface area contributed by atoms with Crippen molar-refractivity contribution in [3.8, 4) is 11.6 Å². The first kappa shape index (κ1) is 16.3. The van der Waals surface area contributed by atoms with Gasteiger partial charge in [0.2, 0.25) is 5.88 Å². The lowest BCUT2D eigenvalue weighted by atomic mass is 10.2. The van der Waals surface area contributed by atoms with Gasteiger partial charge in [0.15, 0.2) is 0 Å². The Balaban J connectivity index is 1.58. The van der Waals surface area contributed by atoms with Crippen molar-refractivity contribution in [3.63, 3.8) is 0 Å². The van der Waals surface area contributed by atoms with E-state index in [1.54, 1.807) is 6.20 Å². The van der Waals surface area contributed by atoms with Crippen LogP contribution in [0.2, 0.25) is 0 Å². The Labute approximate surface area is 142 Å². The number of likely N-dealkylation sites (tertiary alicyclic amines) is 1. The Morgan fingerprint density at radius 1 is 1.25 bits per heavy atom. The Morgan fingerprint density at radius 2 is 2.04 bits per heavy atom. The Kier molecular flexibility index (Phi) is 4.99. The third-order valence-electron chi connectivity index (χ3n) is 4.02. The maximum atomic E-state index is 12.6. The fourth-order valence-corrected chi connectivity index (χ4v) is 2.75. The van der Waals surface area contributed by atoms with Crippen LogP contribution in [0.1, 0.15) is 29.3 Å². The van der Waals surface area contributed by atoms with E-state index in [9.17, 15) is 4.79 Å². The van der Waals surface area contributed by atoms with Crippen LogP contribution in [0.15, 0.2) is 42.6 Å². The Morgan fingerprint density at radius 3 is 2.71 bits per heavy atom. The summed E-state index contributed by atoms with van der Waals surface area (Å²) >= 11 is 0. The fraction of sp³-hybridized carbons (Fsp3) is 0.368. The van der Waals surface area contributed by atoms with E-state index in [1.807, 2.05) is 55.1 Å². The second-order valence-electron chi connectivity index (χ2n) is 5.91.